The minimum absolute atomic E-state index is 0.114. The molecule has 0 saturated heterocycles. The fourth-order valence-corrected chi connectivity index (χ4v) is 5.84. The molecular weight excluding hydrogens is 398 g/mol. The lowest BCUT2D eigenvalue weighted by Gasteiger charge is -2.15. The Morgan fingerprint density at radius 3 is 2.79 bits per heavy atom. The molecule has 1 aromatic heterocycles. The Morgan fingerprint density at radius 2 is 2.04 bits per heavy atom. The van der Waals surface area contributed by atoms with E-state index in [-0.39, 0.29) is 10.8 Å². The van der Waals surface area contributed by atoms with E-state index >= 15 is 0 Å². The Hall–Kier alpha value is -2.18. The van der Waals surface area contributed by atoms with Gasteiger partial charge in [-0.05, 0) is 55.5 Å². The van der Waals surface area contributed by atoms with E-state index in [1.54, 1.807) is 18.2 Å². The Morgan fingerprint density at radius 1 is 1.25 bits per heavy atom. The molecule has 1 unspecified atom stereocenters. The van der Waals surface area contributed by atoms with E-state index in [4.69, 9.17) is 21.1 Å². The van der Waals surface area contributed by atoms with Gasteiger partial charge in [0.05, 0.1) is 24.3 Å². The fraction of sp³-hybridized carbons (Fsp3) is 0.333. The fourth-order valence-electron chi connectivity index (χ4n) is 3.88. The van der Waals surface area contributed by atoms with Gasteiger partial charge in [-0.2, -0.15) is 0 Å². The summed E-state index contributed by atoms with van der Waals surface area (Å²) in [6, 6.07) is 8.70. The normalized spacial score (nSPS) is 17.1. The number of hydrogen-bond donors (Lipinski definition) is 0. The SMILES string of the molecule is COc1ccc(C)cc1S(=O)(=O)n1cc(Cl)c2c3c(ccc21)OCCCC3C. The molecule has 1 aliphatic heterocycles. The number of benzene rings is 2. The lowest BCUT2D eigenvalue weighted by molar-refractivity contribution is 0.316. The number of aryl methyl sites for hydroxylation is 1. The third-order valence-corrected chi connectivity index (χ3v) is 7.26. The third kappa shape index (κ3) is 2.95. The molecule has 1 aliphatic rings. The number of nitrogens with zero attached hydrogens (tertiary/aromatic N) is 1. The van der Waals surface area contributed by atoms with Crippen molar-refractivity contribution in [3.8, 4) is 11.5 Å². The number of fused-ring (bicyclic) bond motifs is 3. The standard InChI is InChI=1S/C21H22ClNO4S/c1-13-6-8-17(26-3)19(11-13)28(24,25)23-12-15(22)21-16(23)7-9-18-20(21)14(2)5-4-10-27-18/h6-9,11-12,14H,4-5,10H2,1-3H3. The van der Waals surface area contributed by atoms with Crippen LogP contribution in [-0.2, 0) is 10.0 Å². The highest BCUT2D eigenvalue weighted by Gasteiger charge is 2.28. The molecule has 0 radical (unpaired) electrons. The Bertz CT molecular complexity index is 1170. The van der Waals surface area contributed by atoms with E-state index in [0.717, 1.165) is 35.1 Å². The Labute approximate surface area is 169 Å². The summed E-state index contributed by atoms with van der Waals surface area (Å²) in [5.74, 6) is 1.31. The predicted molar refractivity (Wildman–Crippen MR) is 110 cm³/mol. The van der Waals surface area contributed by atoms with E-state index in [2.05, 4.69) is 6.92 Å². The number of rotatable bonds is 3. The first-order valence-corrected chi connectivity index (χ1v) is 11.0. The maximum absolute atomic E-state index is 13.5. The van der Waals surface area contributed by atoms with E-state index in [9.17, 15) is 8.42 Å². The number of halogens is 1. The maximum Gasteiger partial charge on any atom is 0.271 e. The average molecular weight is 420 g/mol. The van der Waals surface area contributed by atoms with Crippen LogP contribution in [0.2, 0.25) is 5.02 Å². The highest BCUT2D eigenvalue weighted by atomic mass is 35.5. The maximum atomic E-state index is 13.5. The van der Waals surface area contributed by atoms with Crippen molar-refractivity contribution in [3.05, 3.63) is 52.7 Å². The molecule has 2 heterocycles. The summed E-state index contributed by atoms with van der Waals surface area (Å²) in [5, 5.41) is 1.14. The summed E-state index contributed by atoms with van der Waals surface area (Å²) >= 11 is 6.56. The molecular formula is C21H22ClNO4S. The Kier molecular flexibility index (Phi) is 4.79. The molecule has 5 nitrogen and oxygen atoms in total. The molecule has 7 heteroatoms. The highest BCUT2D eigenvalue weighted by Crippen LogP contribution is 2.43. The van der Waals surface area contributed by atoms with Crippen LogP contribution in [0, 0.1) is 6.92 Å². The van der Waals surface area contributed by atoms with Gasteiger partial charge in [0.25, 0.3) is 10.0 Å². The van der Waals surface area contributed by atoms with Gasteiger partial charge in [-0.15, -0.1) is 0 Å². The Balaban J connectivity index is 2.00. The molecule has 0 bridgehead atoms. The summed E-state index contributed by atoms with van der Waals surface area (Å²) in [7, 11) is -2.44. The van der Waals surface area contributed by atoms with Gasteiger partial charge in [0, 0.05) is 17.1 Å². The molecule has 148 valence electrons. The average Bonchev–Trinajstić information content (AvgIpc) is 2.90. The number of hydrogen-bond acceptors (Lipinski definition) is 4. The van der Waals surface area contributed by atoms with Crippen LogP contribution in [0.15, 0.2) is 41.4 Å². The van der Waals surface area contributed by atoms with Crippen molar-refractivity contribution in [2.75, 3.05) is 13.7 Å². The van der Waals surface area contributed by atoms with Crippen LogP contribution in [0.4, 0.5) is 0 Å². The van der Waals surface area contributed by atoms with Gasteiger partial charge < -0.3 is 9.47 Å². The van der Waals surface area contributed by atoms with Crippen LogP contribution in [0.5, 0.6) is 11.5 Å². The second kappa shape index (κ2) is 7.01. The molecule has 2 aromatic carbocycles. The van der Waals surface area contributed by atoms with Crippen molar-refractivity contribution < 1.29 is 17.9 Å². The highest BCUT2D eigenvalue weighted by molar-refractivity contribution is 7.90. The zero-order chi connectivity index (χ0) is 20.1. The summed E-state index contributed by atoms with van der Waals surface area (Å²) in [5.41, 5.74) is 2.35. The zero-order valence-electron chi connectivity index (χ0n) is 16.0. The van der Waals surface area contributed by atoms with Crippen molar-refractivity contribution in [1.29, 1.82) is 0 Å². The largest absolute Gasteiger partial charge is 0.495 e. The van der Waals surface area contributed by atoms with Crippen LogP contribution in [0.3, 0.4) is 0 Å². The van der Waals surface area contributed by atoms with Crippen molar-refractivity contribution in [1.82, 2.24) is 3.97 Å². The van der Waals surface area contributed by atoms with Gasteiger partial charge in [-0.3, -0.25) is 0 Å². The van der Waals surface area contributed by atoms with Crippen LogP contribution in [0.1, 0.15) is 36.8 Å². The second-order valence-electron chi connectivity index (χ2n) is 7.20. The molecule has 28 heavy (non-hydrogen) atoms. The van der Waals surface area contributed by atoms with E-state index in [0.29, 0.717) is 22.9 Å². The quantitative estimate of drug-likeness (QED) is 0.590. The van der Waals surface area contributed by atoms with E-state index in [1.807, 2.05) is 19.1 Å². The summed E-state index contributed by atoms with van der Waals surface area (Å²) in [4.78, 5) is 0.114. The van der Waals surface area contributed by atoms with Crippen molar-refractivity contribution in [3.63, 3.8) is 0 Å². The molecule has 1 atom stereocenters. The summed E-state index contributed by atoms with van der Waals surface area (Å²) in [6.07, 6.45) is 3.39. The van der Waals surface area contributed by atoms with Gasteiger partial charge in [-0.1, -0.05) is 24.6 Å². The first-order valence-electron chi connectivity index (χ1n) is 9.21. The number of methoxy groups -OCH3 is 1. The molecule has 0 amide bonds. The number of aromatic nitrogens is 1. The molecule has 3 aromatic rings. The molecule has 0 fully saturated rings. The van der Waals surface area contributed by atoms with Crippen molar-refractivity contribution in [2.45, 2.75) is 37.5 Å². The van der Waals surface area contributed by atoms with Crippen LogP contribution < -0.4 is 9.47 Å². The van der Waals surface area contributed by atoms with Gasteiger partial charge in [0.1, 0.15) is 16.4 Å². The lowest BCUT2D eigenvalue weighted by atomic mass is 9.93. The molecule has 0 aliphatic carbocycles. The summed E-state index contributed by atoms with van der Waals surface area (Å²) < 4.78 is 39.4. The molecule has 4 rings (SSSR count). The minimum Gasteiger partial charge on any atom is -0.495 e. The monoisotopic (exact) mass is 419 g/mol. The smallest absolute Gasteiger partial charge is 0.271 e. The lowest BCUT2D eigenvalue weighted by Crippen LogP contribution is -2.13. The van der Waals surface area contributed by atoms with Gasteiger partial charge >= 0.3 is 0 Å². The van der Waals surface area contributed by atoms with Crippen LogP contribution in [0.25, 0.3) is 10.9 Å². The van der Waals surface area contributed by atoms with Gasteiger partial charge in [0.15, 0.2) is 0 Å². The first-order chi connectivity index (χ1) is 13.3. The predicted octanol–water partition coefficient (Wildman–Crippen LogP) is 5.12. The van der Waals surface area contributed by atoms with E-state index in [1.165, 1.54) is 17.3 Å². The van der Waals surface area contributed by atoms with Crippen molar-refractivity contribution >= 4 is 32.5 Å². The summed E-state index contributed by atoms with van der Waals surface area (Å²) in [6.45, 7) is 4.62. The van der Waals surface area contributed by atoms with E-state index < -0.39 is 10.0 Å². The van der Waals surface area contributed by atoms with Crippen LogP contribution in [-0.4, -0.2) is 26.1 Å². The first kappa shape index (κ1) is 19.2. The molecule has 0 spiro atoms. The zero-order valence-corrected chi connectivity index (χ0v) is 17.6. The minimum atomic E-state index is -3.90. The third-order valence-electron chi connectivity index (χ3n) is 5.28. The number of ether oxygens (including phenoxy) is 2. The van der Waals surface area contributed by atoms with Crippen LogP contribution >= 0.6 is 11.6 Å². The van der Waals surface area contributed by atoms with Gasteiger partial charge in [-0.25, -0.2) is 12.4 Å². The topological polar surface area (TPSA) is 57.5 Å². The van der Waals surface area contributed by atoms with Crippen molar-refractivity contribution in [2.24, 2.45) is 0 Å². The molecule has 0 saturated carbocycles. The van der Waals surface area contributed by atoms with Gasteiger partial charge in [0.2, 0.25) is 0 Å². The molecule has 0 N–H and O–H groups in total. The second-order valence-corrected chi connectivity index (χ2v) is 9.39.